The summed E-state index contributed by atoms with van der Waals surface area (Å²) in [5, 5.41) is 13.4. The van der Waals surface area contributed by atoms with Crippen LogP contribution in [0.25, 0.3) is 0 Å². The summed E-state index contributed by atoms with van der Waals surface area (Å²) in [5.41, 5.74) is 3.11. The Kier molecular flexibility index (Phi) is 5.42. The van der Waals surface area contributed by atoms with E-state index in [4.69, 9.17) is 11.6 Å². The lowest BCUT2D eigenvalue weighted by molar-refractivity contribution is 0.500. The van der Waals surface area contributed by atoms with Crippen molar-refractivity contribution in [3.05, 3.63) is 34.4 Å². The summed E-state index contributed by atoms with van der Waals surface area (Å²) in [5.74, 6) is 0. The van der Waals surface area contributed by atoms with Gasteiger partial charge < -0.3 is 5.32 Å². The molecule has 0 saturated carbocycles. The van der Waals surface area contributed by atoms with Gasteiger partial charge in [0.05, 0.1) is 28.1 Å². The first kappa shape index (κ1) is 16.0. The Morgan fingerprint density at radius 1 is 1.29 bits per heavy atom. The Morgan fingerprint density at radius 2 is 2.05 bits per heavy atom. The third-order valence-corrected chi connectivity index (χ3v) is 4.07. The van der Waals surface area contributed by atoms with Crippen molar-refractivity contribution in [3.63, 3.8) is 0 Å². The normalized spacial score (nSPS) is 12.8. The third-order valence-electron chi connectivity index (χ3n) is 3.63. The minimum Gasteiger partial charge on any atom is -0.309 e. The van der Waals surface area contributed by atoms with E-state index in [0.717, 1.165) is 48.0 Å². The first-order chi connectivity index (χ1) is 10.1. The molecule has 0 amide bonds. The maximum Gasteiger partial charge on any atom is 0.0850 e. The summed E-state index contributed by atoms with van der Waals surface area (Å²) in [6, 6.07) is 2.20. The van der Waals surface area contributed by atoms with Gasteiger partial charge in [-0.2, -0.15) is 10.2 Å². The highest BCUT2D eigenvalue weighted by Crippen LogP contribution is 2.26. The monoisotopic (exact) mass is 309 g/mol. The Balaban J connectivity index is 2.30. The topological polar surface area (TPSA) is 47.7 Å². The highest BCUT2D eigenvalue weighted by Gasteiger charge is 2.21. The van der Waals surface area contributed by atoms with Gasteiger partial charge in [-0.05, 0) is 26.0 Å². The predicted octanol–water partition coefficient (Wildman–Crippen LogP) is 2.75. The standard InChI is InChI=1S/C15H24ClN5/c1-5-11-15(16)14(21(7-3)19-11)10-13(17-6-2)12-8-9-20(4)18-12/h8-9,13,17H,5-7,10H2,1-4H3. The fourth-order valence-electron chi connectivity index (χ4n) is 2.55. The summed E-state index contributed by atoms with van der Waals surface area (Å²) in [6.45, 7) is 8.00. The average molecular weight is 310 g/mol. The molecule has 1 N–H and O–H groups in total. The van der Waals surface area contributed by atoms with Crippen LogP contribution < -0.4 is 5.32 Å². The summed E-state index contributed by atoms with van der Waals surface area (Å²) in [7, 11) is 1.94. The number of likely N-dealkylation sites (N-methyl/N-ethyl adjacent to an activating group) is 1. The van der Waals surface area contributed by atoms with Crippen LogP contribution in [0.4, 0.5) is 0 Å². The van der Waals surface area contributed by atoms with Gasteiger partial charge in [0.1, 0.15) is 0 Å². The Bertz CT molecular complexity index is 587. The van der Waals surface area contributed by atoms with E-state index < -0.39 is 0 Å². The lowest BCUT2D eigenvalue weighted by atomic mass is 10.1. The summed E-state index contributed by atoms with van der Waals surface area (Å²) in [6.07, 6.45) is 3.62. The molecule has 0 bridgehead atoms. The van der Waals surface area contributed by atoms with E-state index in [-0.39, 0.29) is 6.04 Å². The number of hydrogen-bond donors (Lipinski definition) is 1. The summed E-state index contributed by atoms with van der Waals surface area (Å²) in [4.78, 5) is 0. The van der Waals surface area contributed by atoms with Crippen molar-refractivity contribution in [1.82, 2.24) is 24.9 Å². The molecule has 2 aromatic rings. The predicted molar refractivity (Wildman–Crippen MR) is 85.6 cm³/mol. The molecule has 2 aromatic heterocycles. The van der Waals surface area contributed by atoms with Crippen LogP contribution in [-0.4, -0.2) is 26.1 Å². The Hall–Kier alpha value is -1.33. The lowest BCUT2D eigenvalue weighted by Gasteiger charge is -2.16. The van der Waals surface area contributed by atoms with E-state index in [2.05, 4.69) is 42.4 Å². The third kappa shape index (κ3) is 3.47. The molecular weight excluding hydrogens is 286 g/mol. The molecule has 0 aromatic carbocycles. The zero-order valence-electron chi connectivity index (χ0n) is 13.2. The molecule has 0 fully saturated rings. The fourth-order valence-corrected chi connectivity index (χ4v) is 2.90. The second-order valence-corrected chi connectivity index (χ2v) is 5.48. The van der Waals surface area contributed by atoms with Gasteiger partial charge in [-0.15, -0.1) is 0 Å². The van der Waals surface area contributed by atoms with Crippen molar-refractivity contribution in [2.45, 2.75) is 46.2 Å². The van der Waals surface area contributed by atoms with Crippen molar-refractivity contribution in [3.8, 4) is 0 Å². The second kappa shape index (κ2) is 7.09. The van der Waals surface area contributed by atoms with Crippen molar-refractivity contribution >= 4 is 11.6 Å². The number of aromatic nitrogens is 4. The van der Waals surface area contributed by atoms with E-state index in [1.807, 2.05) is 22.6 Å². The minimum absolute atomic E-state index is 0.153. The Labute approximate surface area is 131 Å². The summed E-state index contributed by atoms with van der Waals surface area (Å²) < 4.78 is 3.84. The number of aryl methyl sites for hydroxylation is 3. The molecule has 6 heteroatoms. The smallest absolute Gasteiger partial charge is 0.0850 e. The quantitative estimate of drug-likeness (QED) is 0.855. The number of hydrogen-bond acceptors (Lipinski definition) is 3. The fraction of sp³-hybridized carbons (Fsp3) is 0.600. The SMILES string of the molecule is CCNC(Cc1c(Cl)c(CC)nn1CC)c1ccn(C)n1. The van der Waals surface area contributed by atoms with Crippen LogP contribution in [-0.2, 0) is 26.4 Å². The van der Waals surface area contributed by atoms with Crippen molar-refractivity contribution in [2.24, 2.45) is 7.05 Å². The van der Waals surface area contributed by atoms with Crippen LogP contribution in [0.5, 0.6) is 0 Å². The molecule has 0 aliphatic heterocycles. The highest BCUT2D eigenvalue weighted by molar-refractivity contribution is 6.31. The molecule has 0 spiro atoms. The van der Waals surface area contributed by atoms with Gasteiger partial charge in [-0.3, -0.25) is 9.36 Å². The zero-order chi connectivity index (χ0) is 15.4. The molecule has 2 heterocycles. The molecule has 1 unspecified atom stereocenters. The highest BCUT2D eigenvalue weighted by atomic mass is 35.5. The lowest BCUT2D eigenvalue weighted by Crippen LogP contribution is -2.24. The number of halogens is 1. The molecular formula is C15H24ClN5. The van der Waals surface area contributed by atoms with Crippen LogP contribution in [0.1, 0.15) is 43.9 Å². The molecule has 5 nitrogen and oxygen atoms in total. The molecule has 2 rings (SSSR count). The molecule has 0 radical (unpaired) electrons. The van der Waals surface area contributed by atoms with Crippen LogP contribution in [0.3, 0.4) is 0 Å². The van der Waals surface area contributed by atoms with Gasteiger partial charge >= 0.3 is 0 Å². The van der Waals surface area contributed by atoms with Gasteiger partial charge in [-0.1, -0.05) is 25.4 Å². The number of rotatable bonds is 7. The van der Waals surface area contributed by atoms with Gasteiger partial charge in [0, 0.05) is 26.2 Å². The van der Waals surface area contributed by atoms with Crippen molar-refractivity contribution < 1.29 is 0 Å². The van der Waals surface area contributed by atoms with E-state index in [0.29, 0.717) is 0 Å². The molecule has 0 saturated heterocycles. The maximum atomic E-state index is 6.51. The minimum atomic E-state index is 0.153. The van der Waals surface area contributed by atoms with Crippen molar-refractivity contribution in [1.29, 1.82) is 0 Å². The van der Waals surface area contributed by atoms with Crippen LogP contribution in [0.15, 0.2) is 12.3 Å². The first-order valence-corrected chi connectivity index (χ1v) is 7.95. The van der Waals surface area contributed by atoms with E-state index >= 15 is 0 Å². The number of nitrogens with one attached hydrogen (secondary N) is 1. The van der Waals surface area contributed by atoms with Gasteiger partial charge in [0.25, 0.3) is 0 Å². The van der Waals surface area contributed by atoms with Gasteiger partial charge in [0.15, 0.2) is 0 Å². The maximum absolute atomic E-state index is 6.51. The molecule has 116 valence electrons. The van der Waals surface area contributed by atoms with Crippen molar-refractivity contribution in [2.75, 3.05) is 6.54 Å². The largest absolute Gasteiger partial charge is 0.309 e. The average Bonchev–Trinajstić information content (AvgIpc) is 3.03. The first-order valence-electron chi connectivity index (χ1n) is 7.57. The molecule has 0 aliphatic rings. The molecule has 1 atom stereocenters. The Morgan fingerprint density at radius 3 is 2.57 bits per heavy atom. The van der Waals surface area contributed by atoms with E-state index in [1.54, 1.807) is 0 Å². The molecule has 21 heavy (non-hydrogen) atoms. The van der Waals surface area contributed by atoms with Crippen LogP contribution in [0.2, 0.25) is 5.02 Å². The molecule has 0 aliphatic carbocycles. The van der Waals surface area contributed by atoms with E-state index in [9.17, 15) is 0 Å². The second-order valence-electron chi connectivity index (χ2n) is 5.11. The van der Waals surface area contributed by atoms with E-state index in [1.165, 1.54) is 0 Å². The van der Waals surface area contributed by atoms with Gasteiger partial charge in [-0.25, -0.2) is 0 Å². The zero-order valence-corrected chi connectivity index (χ0v) is 14.0. The van der Waals surface area contributed by atoms with Crippen LogP contribution in [0, 0.1) is 0 Å². The number of nitrogens with zero attached hydrogens (tertiary/aromatic N) is 4. The van der Waals surface area contributed by atoms with Crippen LogP contribution >= 0.6 is 11.6 Å². The van der Waals surface area contributed by atoms with Gasteiger partial charge in [0.2, 0.25) is 0 Å². The summed E-state index contributed by atoms with van der Waals surface area (Å²) >= 11 is 6.51.